The number of fused-ring (bicyclic) bond motifs is 1. The zero-order chi connectivity index (χ0) is 27.8. The predicted octanol–water partition coefficient (Wildman–Crippen LogP) is 3.87. The van der Waals surface area contributed by atoms with Crippen LogP contribution in [0.3, 0.4) is 0 Å². The van der Waals surface area contributed by atoms with Gasteiger partial charge in [0.1, 0.15) is 6.04 Å². The lowest BCUT2D eigenvalue weighted by Gasteiger charge is -2.39. The van der Waals surface area contributed by atoms with E-state index in [1.807, 2.05) is 37.3 Å². The lowest BCUT2D eigenvalue weighted by Crippen LogP contribution is -2.54. The van der Waals surface area contributed by atoms with E-state index in [9.17, 15) is 24.8 Å². The van der Waals surface area contributed by atoms with Crippen molar-refractivity contribution in [2.45, 2.75) is 62.9 Å². The van der Waals surface area contributed by atoms with Crippen LogP contribution in [0.25, 0.3) is 0 Å². The lowest BCUT2D eigenvalue weighted by molar-refractivity contribution is -0.137. The van der Waals surface area contributed by atoms with E-state index in [-0.39, 0.29) is 19.1 Å². The zero-order valence-electron chi connectivity index (χ0n) is 22.0. The summed E-state index contributed by atoms with van der Waals surface area (Å²) >= 11 is 0. The summed E-state index contributed by atoms with van der Waals surface area (Å²) in [6.45, 7) is 2.90. The first-order valence-corrected chi connectivity index (χ1v) is 13.3. The number of benzene rings is 2. The van der Waals surface area contributed by atoms with Crippen LogP contribution in [0, 0.1) is 11.3 Å². The number of likely N-dealkylation sites (tertiary alicyclic amines) is 1. The van der Waals surface area contributed by atoms with Crippen LogP contribution in [-0.2, 0) is 15.0 Å². The number of piperidine rings is 1. The summed E-state index contributed by atoms with van der Waals surface area (Å²) < 4.78 is 10.7. The monoisotopic (exact) mass is 534 g/mol. The number of ether oxygens (including phenoxy) is 2. The van der Waals surface area contributed by atoms with Crippen LogP contribution in [0.15, 0.2) is 48.5 Å². The van der Waals surface area contributed by atoms with Gasteiger partial charge in [0, 0.05) is 13.1 Å². The molecule has 0 aliphatic carbocycles. The molecule has 2 aliphatic rings. The summed E-state index contributed by atoms with van der Waals surface area (Å²) in [5, 5.41) is 24.9. The minimum atomic E-state index is -1.08. The van der Waals surface area contributed by atoms with E-state index in [1.165, 1.54) is 0 Å². The van der Waals surface area contributed by atoms with Crippen molar-refractivity contribution in [3.63, 3.8) is 0 Å². The van der Waals surface area contributed by atoms with Gasteiger partial charge in [-0.2, -0.15) is 5.26 Å². The molecular weight excluding hydrogens is 500 g/mol. The van der Waals surface area contributed by atoms with Crippen LogP contribution in [0.1, 0.15) is 62.6 Å². The zero-order valence-corrected chi connectivity index (χ0v) is 22.0. The van der Waals surface area contributed by atoms with Gasteiger partial charge < -0.3 is 30.1 Å². The van der Waals surface area contributed by atoms with E-state index >= 15 is 0 Å². The van der Waals surface area contributed by atoms with Crippen molar-refractivity contribution < 1.29 is 29.0 Å². The highest BCUT2D eigenvalue weighted by molar-refractivity contribution is 5.87. The fourth-order valence-electron chi connectivity index (χ4n) is 5.13. The Morgan fingerprint density at radius 2 is 1.79 bits per heavy atom. The average molecular weight is 535 g/mol. The van der Waals surface area contributed by atoms with Crippen LogP contribution in [0.4, 0.5) is 4.79 Å². The van der Waals surface area contributed by atoms with Crippen molar-refractivity contribution in [2.75, 3.05) is 19.9 Å². The maximum Gasteiger partial charge on any atom is 0.315 e. The fourth-order valence-corrected chi connectivity index (χ4v) is 5.13. The molecule has 2 atom stereocenters. The maximum absolute atomic E-state index is 13.5. The van der Waals surface area contributed by atoms with Crippen LogP contribution in [0.5, 0.6) is 11.5 Å². The number of nitrogens with one attached hydrogen (secondary N) is 2. The van der Waals surface area contributed by atoms with E-state index in [2.05, 4.69) is 16.7 Å². The van der Waals surface area contributed by atoms with Gasteiger partial charge in [-0.3, -0.25) is 9.59 Å². The van der Waals surface area contributed by atoms with Crippen molar-refractivity contribution in [1.29, 1.82) is 5.26 Å². The maximum atomic E-state index is 13.5. The SMILES string of the molecule is CCCC[C@H](NC(=O)N[C@@H](CC(=O)O)c1ccc2c(c1)OCO2)C(=O)N1CCC(C#N)(c2ccccc2)CC1. The molecule has 0 saturated carbocycles. The van der Waals surface area contributed by atoms with Crippen molar-refractivity contribution in [2.24, 2.45) is 0 Å². The Balaban J connectivity index is 1.42. The summed E-state index contributed by atoms with van der Waals surface area (Å²) in [5.74, 6) is -0.243. The van der Waals surface area contributed by atoms with Crippen LogP contribution in [-0.4, -0.2) is 53.8 Å². The molecule has 1 fully saturated rings. The molecule has 4 rings (SSSR count). The summed E-state index contributed by atoms with van der Waals surface area (Å²) in [5.41, 5.74) is 0.863. The number of nitriles is 1. The molecule has 10 heteroatoms. The lowest BCUT2D eigenvalue weighted by atomic mass is 9.74. The molecule has 0 radical (unpaired) electrons. The minimum Gasteiger partial charge on any atom is -0.481 e. The van der Waals surface area contributed by atoms with Crippen molar-refractivity contribution >= 4 is 17.9 Å². The Labute approximate surface area is 227 Å². The number of carboxylic acid groups (broad SMARTS) is 1. The van der Waals surface area contributed by atoms with Gasteiger partial charge in [-0.05, 0) is 42.5 Å². The average Bonchev–Trinajstić information content (AvgIpc) is 3.43. The summed E-state index contributed by atoms with van der Waals surface area (Å²) in [6.07, 6.45) is 2.71. The van der Waals surface area contributed by atoms with Gasteiger partial charge in [-0.15, -0.1) is 0 Å². The molecule has 39 heavy (non-hydrogen) atoms. The van der Waals surface area contributed by atoms with Crippen LogP contribution in [0.2, 0.25) is 0 Å². The summed E-state index contributed by atoms with van der Waals surface area (Å²) in [6, 6.07) is 14.9. The van der Waals surface area contributed by atoms with Crippen molar-refractivity contribution in [3.05, 3.63) is 59.7 Å². The Kier molecular flexibility index (Phi) is 8.92. The molecule has 2 aliphatic heterocycles. The van der Waals surface area contributed by atoms with Crippen molar-refractivity contribution in [3.8, 4) is 17.6 Å². The minimum absolute atomic E-state index is 0.0782. The van der Waals surface area contributed by atoms with Gasteiger partial charge in [-0.1, -0.05) is 56.2 Å². The molecule has 2 aromatic carbocycles. The van der Waals surface area contributed by atoms with Gasteiger partial charge in [0.15, 0.2) is 11.5 Å². The van der Waals surface area contributed by atoms with Crippen molar-refractivity contribution in [1.82, 2.24) is 15.5 Å². The van der Waals surface area contributed by atoms with E-state index in [4.69, 9.17) is 9.47 Å². The third kappa shape index (κ3) is 6.60. The molecule has 1 saturated heterocycles. The first-order valence-electron chi connectivity index (χ1n) is 13.3. The van der Waals surface area contributed by atoms with Gasteiger partial charge in [0.25, 0.3) is 0 Å². The second kappa shape index (κ2) is 12.5. The Morgan fingerprint density at radius 1 is 1.08 bits per heavy atom. The quantitative estimate of drug-likeness (QED) is 0.420. The Hall–Kier alpha value is -4.26. The van der Waals surface area contributed by atoms with Crippen LogP contribution >= 0.6 is 0 Å². The van der Waals surface area contributed by atoms with Gasteiger partial charge in [0.05, 0.1) is 23.9 Å². The van der Waals surface area contributed by atoms with E-state index < -0.39 is 29.5 Å². The van der Waals surface area contributed by atoms with Gasteiger partial charge in [0.2, 0.25) is 12.7 Å². The Bertz CT molecular complexity index is 1220. The number of rotatable bonds is 10. The third-order valence-corrected chi connectivity index (χ3v) is 7.40. The topological polar surface area (TPSA) is 141 Å². The number of carboxylic acids is 1. The molecule has 10 nitrogen and oxygen atoms in total. The summed E-state index contributed by atoms with van der Waals surface area (Å²) in [7, 11) is 0. The first-order chi connectivity index (χ1) is 18.8. The van der Waals surface area contributed by atoms with Gasteiger partial charge in [-0.25, -0.2) is 4.79 Å². The van der Waals surface area contributed by atoms with E-state index in [0.717, 1.165) is 18.4 Å². The number of unbranched alkanes of at least 4 members (excludes halogenated alkanes) is 1. The fraction of sp³-hybridized carbons (Fsp3) is 0.448. The number of nitrogens with zero attached hydrogens (tertiary/aromatic N) is 2. The molecule has 0 bridgehead atoms. The number of amides is 3. The number of hydrogen-bond donors (Lipinski definition) is 3. The molecule has 2 aromatic rings. The van der Waals surface area contributed by atoms with E-state index in [0.29, 0.717) is 49.4 Å². The molecule has 206 valence electrons. The van der Waals surface area contributed by atoms with Crippen LogP contribution < -0.4 is 20.1 Å². The number of carbonyl (C=O) groups is 3. The largest absolute Gasteiger partial charge is 0.481 e. The number of carbonyl (C=O) groups excluding carboxylic acids is 2. The third-order valence-electron chi connectivity index (χ3n) is 7.40. The first kappa shape index (κ1) is 27.8. The molecule has 3 N–H and O–H groups in total. The molecule has 0 unspecified atom stereocenters. The molecular formula is C29H34N4O6. The van der Waals surface area contributed by atoms with E-state index in [1.54, 1.807) is 23.1 Å². The normalized spacial score (nSPS) is 17.0. The van der Waals surface area contributed by atoms with Gasteiger partial charge >= 0.3 is 12.0 Å². The molecule has 2 heterocycles. The Morgan fingerprint density at radius 3 is 2.46 bits per heavy atom. The highest BCUT2D eigenvalue weighted by Gasteiger charge is 2.39. The highest BCUT2D eigenvalue weighted by atomic mass is 16.7. The molecule has 0 spiro atoms. The molecule has 3 amide bonds. The number of urea groups is 1. The standard InChI is InChI=1S/C29H34N4O6/c1-2-3-9-22(27(36)33-14-12-29(18-30,13-15-33)21-7-5-4-6-8-21)31-28(37)32-23(17-26(34)35)20-10-11-24-25(16-20)39-19-38-24/h4-8,10-11,16,22-23H,2-3,9,12-15,17,19H2,1H3,(H,34,35)(H2,31,32,37)/t22-,23-/m0/s1. The summed E-state index contributed by atoms with van der Waals surface area (Å²) in [4.78, 5) is 39.8. The molecule has 0 aromatic heterocycles. The predicted molar refractivity (Wildman–Crippen MR) is 142 cm³/mol. The smallest absolute Gasteiger partial charge is 0.315 e. The second-order valence-electron chi connectivity index (χ2n) is 9.96. The number of hydrogen-bond acceptors (Lipinski definition) is 6. The highest BCUT2D eigenvalue weighted by Crippen LogP contribution is 2.36. The number of aliphatic carboxylic acids is 1. The second-order valence-corrected chi connectivity index (χ2v) is 9.96.